The Kier molecular flexibility index (Phi) is 5.67. The van der Waals surface area contributed by atoms with Gasteiger partial charge in [-0.1, -0.05) is 12.5 Å². The van der Waals surface area contributed by atoms with Crippen molar-refractivity contribution in [3.63, 3.8) is 0 Å². The fourth-order valence-corrected chi connectivity index (χ4v) is 4.05. The molecule has 3 aromatic rings. The van der Waals surface area contributed by atoms with Crippen LogP contribution in [0.15, 0.2) is 48.8 Å². The van der Waals surface area contributed by atoms with Gasteiger partial charge in [0.1, 0.15) is 0 Å². The molecule has 1 atom stereocenters. The van der Waals surface area contributed by atoms with Gasteiger partial charge in [-0.2, -0.15) is 5.10 Å². The van der Waals surface area contributed by atoms with Gasteiger partial charge >= 0.3 is 0 Å². The molecule has 3 heterocycles. The van der Waals surface area contributed by atoms with Gasteiger partial charge in [0.25, 0.3) is 0 Å². The molecule has 1 aliphatic rings. The Morgan fingerprint density at radius 3 is 3.00 bits per heavy atom. The first-order valence-electron chi connectivity index (χ1n) is 10.1. The van der Waals surface area contributed by atoms with E-state index in [1.54, 1.807) is 0 Å². The van der Waals surface area contributed by atoms with Crippen LogP contribution in [-0.4, -0.2) is 38.2 Å². The SMILES string of the molecule is CC(=O)Nc1ccc2nc(CN3CCCCC3CCn3cccn3)ccc2c1. The number of hydrogen-bond acceptors (Lipinski definition) is 4. The standard InChI is InChI=1S/C22H27N5O/c1-17(28)24-19-8-9-22-18(15-19)6-7-20(25-22)16-26-12-3-2-5-21(26)10-14-27-13-4-11-23-27/h4,6-9,11,13,15,21H,2-3,5,10,12,14,16H2,1H3,(H,24,28). The molecule has 146 valence electrons. The van der Waals surface area contributed by atoms with Crippen molar-refractivity contribution in [3.8, 4) is 0 Å². The first-order valence-corrected chi connectivity index (χ1v) is 10.1. The van der Waals surface area contributed by atoms with Crippen LogP contribution < -0.4 is 5.32 Å². The first-order chi connectivity index (χ1) is 13.7. The van der Waals surface area contributed by atoms with E-state index in [9.17, 15) is 4.79 Å². The largest absolute Gasteiger partial charge is 0.326 e. The molecule has 6 heteroatoms. The third kappa shape index (κ3) is 4.57. The van der Waals surface area contributed by atoms with Gasteiger partial charge in [0, 0.05) is 49.5 Å². The molecule has 1 aromatic carbocycles. The molecule has 1 fully saturated rings. The third-order valence-corrected chi connectivity index (χ3v) is 5.43. The first kappa shape index (κ1) is 18.6. The molecule has 1 aliphatic heterocycles. The summed E-state index contributed by atoms with van der Waals surface area (Å²) in [4.78, 5) is 18.7. The number of amides is 1. The van der Waals surface area contributed by atoms with Gasteiger partial charge < -0.3 is 5.32 Å². The number of aromatic nitrogens is 3. The van der Waals surface area contributed by atoms with Gasteiger partial charge in [-0.05, 0) is 56.1 Å². The van der Waals surface area contributed by atoms with Crippen LogP contribution in [0.1, 0.15) is 38.3 Å². The number of carbonyl (C=O) groups is 1. The van der Waals surface area contributed by atoms with E-state index in [0.717, 1.165) is 48.3 Å². The lowest BCUT2D eigenvalue weighted by Gasteiger charge is -2.35. The number of likely N-dealkylation sites (tertiary alicyclic amines) is 1. The van der Waals surface area contributed by atoms with Crippen molar-refractivity contribution in [2.75, 3.05) is 11.9 Å². The lowest BCUT2D eigenvalue weighted by molar-refractivity contribution is -0.114. The molecule has 0 radical (unpaired) electrons. The quantitative estimate of drug-likeness (QED) is 0.709. The zero-order valence-electron chi connectivity index (χ0n) is 16.3. The predicted octanol–water partition coefficient (Wildman–Crippen LogP) is 3.83. The predicted molar refractivity (Wildman–Crippen MR) is 111 cm³/mol. The number of carbonyl (C=O) groups excluding carboxylic acids is 1. The molecule has 0 spiro atoms. The molecular weight excluding hydrogens is 350 g/mol. The van der Waals surface area contributed by atoms with Crippen molar-refractivity contribution in [1.29, 1.82) is 0 Å². The van der Waals surface area contributed by atoms with E-state index >= 15 is 0 Å². The van der Waals surface area contributed by atoms with E-state index in [1.807, 2.05) is 41.3 Å². The highest BCUT2D eigenvalue weighted by molar-refractivity contribution is 5.92. The second-order valence-corrected chi connectivity index (χ2v) is 7.57. The van der Waals surface area contributed by atoms with E-state index in [1.165, 1.54) is 26.2 Å². The van der Waals surface area contributed by atoms with Crippen molar-refractivity contribution < 1.29 is 4.79 Å². The third-order valence-electron chi connectivity index (χ3n) is 5.43. The Morgan fingerprint density at radius 1 is 1.25 bits per heavy atom. The molecule has 1 saturated heterocycles. The maximum absolute atomic E-state index is 11.2. The summed E-state index contributed by atoms with van der Waals surface area (Å²) in [6, 6.07) is 12.6. The van der Waals surface area contributed by atoms with E-state index in [-0.39, 0.29) is 5.91 Å². The Balaban J connectivity index is 1.45. The van der Waals surface area contributed by atoms with Gasteiger partial charge in [-0.15, -0.1) is 0 Å². The summed E-state index contributed by atoms with van der Waals surface area (Å²) < 4.78 is 2.02. The smallest absolute Gasteiger partial charge is 0.221 e. The van der Waals surface area contributed by atoms with E-state index in [0.29, 0.717) is 6.04 Å². The number of hydrogen-bond donors (Lipinski definition) is 1. The zero-order chi connectivity index (χ0) is 19.3. The van der Waals surface area contributed by atoms with Crippen LogP contribution in [0.25, 0.3) is 10.9 Å². The van der Waals surface area contributed by atoms with Crippen LogP contribution >= 0.6 is 0 Å². The van der Waals surface area contributed by atoms with Crippen LogP contribution in [0, 0.1) is 0 Å². The number of piperidine rings is 1. The lowest BCUT2D eigenvalue weighted by atomic mass is 9.99. The number of anilines is 1. The summed E-state index contributed by atoms with van der Waals surface area (Å²) in [5, 5.41) is 8.20. The number of nitrogens with one attached hydrogen (secondary N) is 1. The number of rotatable bonds is 6. The molecule has 0 aliphatic carbocycles. The topological polar surface area (TPSA) is 63.1 Å². The highest BCUT2D eigenvalue weighted by Gasteiger charge is 2.22. The van der Waals surface area contributed by atoms with Crippen LogP contribution in [0.4, 0.5) is 5.69 Å². The summed E-state index contributed by atoms with van der Waals surface area (Å²) in [6.45, 7) is 4.50. The second-order valence-electron chi connectivity index (χ2n) is 7.57. The maximum Gasteiger partial charge on any atom is 0.221 e. The van der Waals surface area contributed by atoms with Crippen LogP contribution in [-0.2, 0) is 17.9 Å². The Labute approximate surface area is 165 Å². The Hall–Kier alpha value is -2.73. The van der Waals surface area contributed by atoms with E-state index in [2.05, 4.69) is 27.4 Å². The fraction of sp³-hybridized carbons (Fsp3) is 0.409. The monoisotopic (exact) mass is 377 g/mol. The molecule has 2 aromatic heterocycles. The van der Waals surface area contributed by atoms with Gasteiger partial charge in [0.05, 0.1) is 11.2 Å². The second kappa shape index (κ2) is 8.52. The number of fused-ring (bicyclic) bond motifs is 1. The van der Waals surface area contributed by atoms with Crippen molar-refractivity contribution >= 4 is 22.5 Å². The summed E-state index contributed by atoms with van der Waals surface area (Å²) in [5.74, 6) is -0.0600. The molecule has 4 rings (SSSR count). The molecular formula is C22H27N5O. The summed E-state index contributed by atoms with van der Waals surface area (Å²) in [7, 11) is 0. The van der Waals surface area contributed by atoms with Gasteiger partial charge in [-0.25, -0.2) is 0 Å². The van der Waals surface area contributed by atoms with Gasteiger partial charge in [0.15, 0.2) is 0 Å². The minimum atomic E-state index is -0.0600. The zero-order valence-corrected chi connectivity index (χ0v) is 16.3. The van der Waals surface area contributed by atoms with E-state index < -0.39 is 0 Å². The highest BCUT2D eigenvalue weighted by Crippen LogP contribution is 2.24. The minimum Gasteiger partial charge on any atom is -0.326 e. The molecule has 1 unspecified atom stereocenters. The maximum atomic E-state index is 11.2. The molecule has 1 N–H and O–H groups in total. The lowest BCUT2D eigenvalue weighted by Crippen LogP contribution is -2.39. The highest BCUT2D eigenvalue weighted by atomic mass is 16.1. The fourth-order valence-electron chi connectivity index (χ4n) is 4.05. The van der Waals surface area contributed by atoms with Gasteiger partial charge in [-0.3, -0.25) is 19.4 Å². The number of nitrogens with zero attached hydrogens (tertiary/aromatic N) is 4. The Morgan fingerprint density at radius 2 is 2.18 bits per heavy atom. The summed E-state index contributed by atoms with van der Waals surface area (Å²) in [6.07, 6.45) is 8.80. The van der Waals surface area contributed by atoms with Crippen LogP contribution in [0.3, 0.4) is 0 Å². The van der Waals surface area contributed by atoms with Gasteiger partial charge in [0.2, 0.25) is 5.91 Å². The van der Waals surface area contributed by atoms with Crippen molar-refractivity contribution in [1.82, 2.24) is 19.7 Å². The van der Waals surface area contributed by atoms with Crippen molar-refractivity contribution in [3.05, 3.63) is 54.5 Å². The minimum absolute atomic E-state index is 0.0600. The molecule has 1 amide bonds. The van der Waals surface area contributed by atoms with Crippen molar-refractivity contribution in [2.45, 2.75) is 51.7 Å². The molecule has 28 heavy (non-hydrogen) atoms. The van der Waals surface area contributed by atoms with Crippen LogP contribution in [0.5, 0.6) is 0 Å². The summed E-state index contributed by atoms with van der Waals surface area (Å²) >= 11 is 0. The number of pyridine rings is 1. The normalized spacial score (nSPS) is 17.7. The molecule has 0 saturated carbocycles. The Bertz CT molecular complexity index is 937. The molecule has 0 bridgehead atoms. The van der Waals surface area contributed by atoms with Crippen LogP contribution in [0.2, 0.25) is 0 Å². The number of aryl methyl sites for hydroxylation is 1. The molecule has 6 nitrogen and oxygen atoms in total. The van der Waals surface area contributed by atoms with E-state index in [4.69, 9.17) is 4.98 Å². The number of benzene rings is 1. The average molecular weight is 377 g/mol. The summed E-state index contributed by atoms with van der Waals surface area (Å²) in [5.41, 5.74) is 2.88. The van der Waals surface area contributed by atoms with Crippen molar-refractivity contribution in [2.24, 2.45) is 0 Å². The average Bonchev–Trinajstić information content (AvgIpc) is 3.20.